The number of rotatable bonds is 18. The van der Waals surface area contributed by atoms with Crippen molar-refractivity contribution in [1.82, 2.24) is 10.6 Å². The van der Waals surface area contributed by atoms with E-state index in [0.717, 1.165) is 57.2 Å². The van der Waals surface area contributed by atoms with Gasteiger partial charge in [-0.2, -0.15) is 0 Å². The Bertz CT molecular complexity index is 2870. The minimum atomic E-state index is -1.18. The lowest BCUT2D eigenvalue weighted by Crippen LogP contribution is -2.43. The molecule has 0 bridgehead atoms. The largest absolute Gasteiger partial charge is 0.480 e. The van der Waals surface area contributed by atoms with Crippen LogP contribution in [0.15, 0.2) is 171 Å². The molecule has 388 valence electrons. The van der Waals surface area contributed by atoms with Crippen molar-refractivity contribution >= 4 is 47.7 Å². The highest BCUT2D eigenvalue weighted by Gasteiger charge is 2.32. The average Bonchev–Trinajstić information content (AvgIpc) is 3.95. The first-order chi connectivity index (χ1) is 36.5. The average molecular weight is 1020 g/mol. The summed E-state index contributed by atoms with van der Waals surface area (Å²) >= 11 is 0. The molecule has 6 aromatic rings. The van der Waals surface area contributed by atoms with Gasteiger partial charge in [-0.1, -0.05) is 147 Å². The number of ether oxygens (including phenoxy) is 5. The summed E-state index contributed by atoms with van der Waals surface area (Å²) in [6, 6.07) is 43.3. The molecule has 2 aliphatic carbocycles. The summed E-state index contributed by atoms with van der Waals surface area (Å²) < 4.78 is 25.7. The van der Waals surface area contributed by atoms with E-state index in [2.05, 4.69) is 46.6 Å². The minimum absolute atomic E-state index is 0.0424. The van der Waals surface area contributed by atoms with E-state index in [-0.39, 0.29) is 51.1 Å². The zero-order chi connectivity index (χ0) is 53.7. The van der Waals surface area contributed by atoms with Crippen LogP contribution in [0.4, 0.5) is 30.6 Å². The standard InChI is InChI=1S/C29H28N2O6.C28H26N2O6.CH4O/c1-3-16-36-28(33)30-20-14-12-19(13-15-20)17-26(27(32)35-2)31-29(34)37-18-25-23-10-6-4-8-21(23)22-9-5-7-11-24(22)25;1-2-15-35-27(33)29-19-13-11-18(12-14-19)16-25(26(31)32)30-28(34)36-17-24-22-9-5-3-7-20(22)21-8-4-6-10-23(21)24;1-2/h3-15,25-26H,1,16-18H2,2H3,(H,30,33)(H,31,34);2-14,24-25H,1,15-17H2,(H,29,33)(H,30,34)(H,31,32);2H,1H3/t26-;25-;/m00./s1. The van der Waals surface area contributed by atoms with Crippen LogP contribution in [0.1, 0.15) is 45.2 Å². The maximum atomic E-state index is 12.7. The predicted molar refractivity (Wildman–Crippen MR) is 282 cm³/mol. The van der Waals surface area contributed by atoms with Crippen LogP contribution in [0.5, 0.6) is 0 Å². The molecule has 0 fully saturated rings. The number of esters is 1. The zero-order valence-electron chi connectivity index (χ0n) is 41.4. The third-order valence-corrected chi connectivity index (χ3v) is 12.0. The van der Waals surface area contributed by atoms with E-state index in [1.807, 2.05) is 84.9 Å². The fourth-order valence-corrected chi connectivity index (χ4v) is 8.60. The number of hydrogen-bond acceptors (Lipinski definition) is 12. The number of fused-ring (bicyclic) bond motifs is 6. The van der Waals surface area contributed by atoms with Gasteiger partial charge in [0.2, 0.25) is 0 Å². The summed E-state index contributed by atoms with van der Waals surface area (Å²) in [5, 5.41) is 26.8. The summed E-state index contributed by atoms with van der Waals surface area (Å²) in [6.45, 7) is 7.38. The molecule has 0 radical (unpaired) electrons. The van der Waals surface area contributed by atoms with Crippen LogP contribution < -0.4 is 21.3 Å². The quantitative estimate of drug-likeness (QED) is 0.0268. The van der Waals surface area contributed by atoms with Crippen LogP contribution in [0, 0.1) is 0 Å². The summed E-state index contributed by atoms with van der Waals surface area (Å²) in [5.74, 6) is -1.99. The van der Waals surface area contributed by atoms with E-state index < -0.39 is 48.4 Å². The van der Waals surface area contributed by atoms with Gasteiger partial charge < -0.3 is 44.5 Å². The van der Waals surface area contributed by atoms with Crippen molar-refractivity contribution in [1.29, 1.82) is 0 Å². The highest BCUT2D eigenvalue weighted by atomic mass is 16.6. The molecule has 0 aromatic heterocycles. The molecule has 6 N–H and O–H groups in total. The fraction of sp³-hybridized carbons (Fsp3) is 0.207. The third kappa shape index (κ3) is 14.9. The molecular formula is C58H58N4O13. The van der Waals surface area contributed by atoms with Crippen molar-refractivity contribution in [3.05, 3.63) is 204 Å². The first kappa shape index (κ1) is 55.1. The number of amides is 4. The van der Waals surface area contributed by atoms with Gasteiger partial charge in [-0.05, 0) is 79.9 Å². The molecule has 75 heavy (non-hydrogen) atoms. The number of aliphatic carboxylic acids is 1. The van der Waals surface area contributed by atoms with Crippen molar-refractivity contribution < 1.29 is 62.7 Å². The smallest absolute Gasteiger partial charge is 0.411 e. The number of nitrogens with one attached hydrogen (secondary N) is 4. The molecule has 6 aromatic carbocycles. The number of hydrogen-bond donors (Lipinski definition) is 6. The Hall–Kier alpha value is -9.22. The van der Waals surface area contributed by atoms with E-state index in [1.165, 1.54) is 19.3 Å². The molecule has 0 unspecified atom stereocenters. The summed E-state index contributed by atoms with van der Waals surface area (Å²) in [5.41, 5.74) is 11.2. The number of methoxy groups -OCH3 is 1. The Morgan fingerprint density at radius 2 is 0.827 bits per heavy atom. The summed E-state index contributed by atoms with van der Waals surface area (Å²) in [6.07, 6.45) is 0.420. The highest BCUT2D eigenvalue weighted by molar-refractivity contribution is 5.86. The Morgan fingerprint density at radius 1 is 0.493 bits per heavy atom. The topological polar surface area (TPSA) is 237 Å². The Kier molecular flexibility index (Phi) is 20.2. The van der Waals surface area contributed by atoms with Crippen molar-refractivity contribution in [3.8, 4) is 22.3 Å². The predicted octanol–water partition coefficient (Wildman–Crippen LogP) is 9.61. The molecule has 17 heteroatoms. The number of carboxylic acid groups (broad SMARTS) is 1. The van der Waals surface area contributed by atoms with E-state index in [4.69, 9.17) is 28.8 Å². The van der Waals surface area contributed by atoms with Gasteiger partial charge in [0.1, 0.15) is 38.5 Å². The van der Waals surface area contributed by atoms with Gasteiger partial charge in [-0.3, -0.25) is 10.6 Å². The maximum absolute atomic E-state index is 12.7. The number of alkyl carbamates (subject to hydrolysis) is 2. The lowest BCUT2D eigenvalue weighted by atomic mass is 9.98. The molecule has 2 aliphatic rings. The second-order valence-corrected chi connectivity index (χ2v) is 16.7. The maximum Gasteiger partial charge on any atom is 0.411 e. The second kappa shape index (κ2) is 27.6. The first-order valence-corrected chi connectivity index (χ1v) is 23.7. The molecule has 0 heterocycles. The van der Waals surface area contributed by atoms with Gasteiger partial charge in [-0.15, -0.1) is 0 Å². The minimum Gasteiger partial charge on any atom is -0.480 e. The number of aliphatic hydroxyl groups excluding tert-OH is 1. The van der Waals surface area contributed by atoms with Gasteiger partial charge in [0.25, 0.3) is 0 Å². The Labute approximate surface area is 434 Å². The fourth-order valence-electron chi connectivity index (χ4n) is 8.60. The second-order valence-electron chi connectivity index (χ2n) is 16.7. The SMILES string of the molecule is C=CCOC(=O)Nc1ccc(C[C@H](NC(=O)OCC2c3ccccc3-c3ccccc32)C(=O)O)cc1.C=CCOC(=O)Nc1ccc(C[C@H](NC(=O)OCC2c3ccccc3-c3ccccc32)C(=O)OC)cc1.CO. The van der Waals surface area contributed by atoms with Crippen molar-refractivity contribution in [2.75, 3.05) is 51.3 Å². The summed E-state index contributed by atoms with van der Waals surface area (Å²) in [7, 11) is 2.26. The lowest BCUT2D eigenvalue weighted by Gasteiger charge is -2.19. The van der Waals surface area contributed by atoms with Crippen molar-refractivity contribution in [3.63, 3.8) is 0 Å². The van der Waals surface area contributed by atoms with Crippen LogP contribution in [0.3, 0.4) is 0 Å². The number of carboxylic acids is 1. The molecule has 0 aliphatic heterocycles. The molecule has 0 saturated carbocycles. The zero-order valence-corrected chi connectivity index (χ0v) is 41.4. The molecule has 0 saturated heterocycles. The molecule has 2 atom stereocenters. The molecule has 0 spiro atoms. The van der Waals surface area contributed by atoms with E-state index in [1.54, 1.807) is 48.5 Å². The van der Waals surface area contributed by atoms with Crippen molar-refractivity contribution in [2.45, 2.75) is 36.8 Å². The molecule has 17 nitrogen and oxygen atoms in total. The Morgan fingerprint density at radius 3 is 1.16 bits per heavy atom. The van der Waals surface area contributed by atoms with E-state index in [0.29, 0.717) is 16.9 Å². The van der Waals surface area contributed by atoms with Gasteiger partial charge in [-0.25, -0.2) is 28.8 Å². The van der Waals surface area contributed by atoms with E-state index >= 15 is 0 Å². The molecular weight excluding hydrogens is 961 g/mol. The van der Waals surface area contributed by atoms with Gasteiger partial charge in [0.15, 0.2) is 0 Å². The van der Waals surface area contributed by atoms with Crippen LogP contribution in [0.25, 0.3) is 22.3 Å². The summed E-state index contributed by atoms with van der Waals surface area (Å²) in [4.78, 5) is 72.7. The van der Waals surface area contributed by atoms with Gasteiger partial charge >= 0.3 is 36.3 Å². The Balaban J connectivity index is 0.000000236. The third-order valence-electron chi connectivity index (χ3n) is 12.0. The number of anilines is 2. The number of benzene rings is 6. The van der Waals surface area contributed by atoms with Gasteiger partial charge in [0, 0.05) is 43.2 Å². The molecule has 8 rings (SSSR count). The first-order valence-electron chi connectivity index (χ1n) is 23.7. The monoisotopic (exact) mass is 1020 g/mol. The van der Waals surface area contributed by atoms with Crippen LogP contribution in [0.2, 0.25) is 0 Å². The van der Waals surface area contributed by atoms with Crippen LogP contribution >= 0.6 is 0 Å². The number of carbonyl (C=O) groups is 6. The molecule has 4 amide bonds. The number of carbonyl (C=O) groups excluding carboxylic acids is 5. The van der Waals surface area contributed by atoms with Crippen molar-refractivity contribution in [2.24, 2.45) is 0 Å². The lowest BCUT2D eigenvalue weighted by molar-refractivity contribution is -0.143. The van der Waals surface area contributed by atoms with E-state index in [9.17, 15) is 33.9 Å². The van der Waals surface area contributed by atoms with Crippen LogP contribution in [-0.2, 0) is 46.1 Å². The normalized spacial score (nSPS) is 12.3. The highest BCUT2D eigenvalue weighted by Crippen LogP contribution is 2.45. The van der Waals surface area contributed by atoms with Crippen LogP contribution in [-0.4, -0.2) is 99.3 Å². The number of aliphatic hydroxyl groups is 1. The van der Waals surface area contributed by atoms with Gasteiger partial charge in [0.05, 0.1) is 7.11 Å².